The molecule has 4 nitrogen and oxygen atoms in total. The molecule has 0 aliphatic carbocycles. The third-order valence-corrected chi connectivity index (χ3v) is 6.53. The summed E-state index contributed by atoms with van der Waals surface area (Å²) in [6.07, 6.45) is 2.04. The van der Waals surface area contributed by atoms with Gasteiger partial charge in [0, 0.05) is 16.9 Å². The second kappa shape index (κ2) is 8.21. The Balaban J connectivity index is 1.64. The van der Waals surface area contributed by atoms with E-state index in [2.05, 4.69) is 35.0 Å². The van der Waals surface area contributed by atoms with Crippen LogP contribution >= 0.6 is 11.6 Å². The number of aromatic nitrogens is 1. The fraction of sp³-hybridized carbons (Fsp3) is 0.148. The molecule has 2 heterocycles. The van der Waals surface area contributed by atoms with Crippen LogP contribution in [0.15, 0.2) is 85.1 Å². The molecule has 1 N–H and O–H groups in total. The average Bonchev–Trinajstić information content (AvgIpc) is 3.21. The van der Waals surface area contributed by atoms with Crippen molar-refractivity contribution in [3.8, 4) is 5.69 Å². The van der Waals surface area contributed by atoms with Gasteiger partial charge in [-0.05, 0) is 72.5 Å². The van der Waals surface area contributed by atoms with Crippen molar-refractivity contribution in [2.45, 2.75) is 26.4 Å². The summed E-state index contributed by atoms with van der Waals surface area (Å²) in [5.41, 5.74) is 7.17. The Hall–Kier alpha value is -3.50. The van der Waals surface area contributed by atoms with Gasteiger partial charge in [-0.1, -0.05) is 54.1 Å². The number of carbonyl (C=O) groups excluding carboxylic acids is 1. The predicted octanol–water partition coefficient (Wildman–Crippen LogP) is 6.88. The standard InChI is InChI=1S/C27H24ClN3O/c1-18-13-14-21(16-19(18)2)29-27(32)31-17-20-8-3-6-11-24(20)30-15-7-12-25(30)26(31)22-9-4-5-10-23(22)28/h3-16,26H,17H2,1-2H3,(H,29,32). The maximum Gasteiger partial charge on any atom is 0.322 e. The Morgan fingerprint density at radius 2 is 1.72 bits per heavy atom. The molecule has 1 aliphatic heterocycles. The first kappa shape index (κ1) is 20.4. The van der Waals surface area contributed by atoms with E-state index in [-0.39, 0.29) is 12.1 Å². The summed E-state index contributed by atoms with van der Waals surface area (Å²) in [7, 11) is 0. The smallest absolute Gasteiger partial charge is 0.318 e. The molecule has 0 saturated heterocycles. The SMILES string of the molecule is Cc1ccc(NC(=O)N2Cc3ccccc3-n3cccc3C2c2ccccc2Cl)cc1C. The number of benzene rings is 3. The lowest BCUT2D eigenvalue weighted by atomic mass is 10.0. The van der Waals surface area contributed by atoms with Gasteiger partial charge in [-0.15, -0.1) is 0 Å². The Labute approximate surface area is 193 Å². The van der Waals surface area contributed by atoms with Gasteiger partial charge in [0.1, 0.15) is 6.04 Å². The van der Waals surface area contributed by atoms with E-state index in [0.717, 1.165) is 33.8 Å². The summed E-state index contributed by atoms with van der Waals surface area (Å²) in [5.74, 6) is 0. The molecule has 0 spiro atoms. The topological polar surface area (TPSA) is 37.3 Å². The minimum atomic E-state index is -0.336. The van der Waals surface area contributed by atoms with Crippen molar-refractivity contribution in [1.82, 2.24) is 9.47 Å². The number of amides is 2. The van der Waals surface area contributed by atoms with E-state index >= 15 is 0 Å². The van der Waals surface area contributed by atoms with E-state index in [9.17, 15) is 4.79 Å². The molecule has 1 aromatic heterocycles. The van der Waals surface area contributed by atoms with E-state index < -0.39 is 0 Å². The Kier molecular flexibility index (Phi) is 5.24. The number of fused-ring (bicyclic) bond motifs is 3. The molecule has 5 rings (SSSR count). The largest absolute Gasteiger partial charge is 0.322 e. The Morgan fingerprint density at radius 3 is 2.53 bits per heavy atom. The molecule has 0 radical (unpaired) electrons. The number of nitrogens with one attached hydrogen (secondary N) is 1. The average molecular weight is 442 g/mol. The van der Waals surface area contributed by atoms with Crippen LogP contribution in [-0.4, -0.2) is 15.5 Å². The number of hydrogen-bond donors (Lipinski definition) is 1. The second-order valence-corrected chi connectivity index (χ2v) is 8.62. The summed E-state index contributed by atoms with van der Waals surface area (Å²) in [6.45, 7) is 4.57. The molecule has 0 fully saturated rings. The first-order valence-electron chi connectivity index (χ1n) is 10.7. The van der Waals surface area contributed by atoms with Crippen LogP contribution in [-0.2, 0) is 6.54 Å². The molecule has 3 aromatic carbocycles. The van der Waals surface area contributed by atoms with Crippen LogP contribution in [0.5, 0.6) is 0 Å². The van der Waals surface area contributed by atoms with Crippen LogP contribution in [0, 0.1) is 13.8 Å². The van der Waals surface area contributed by atoms with Crippen molar-refractivity contribution in [3.05, 3.63) is 118 Å². The quantitative estimate of drug-likeness (QED) is 0.361. The van der Waals surface area contributed by atoms with Crippen molar-refractivity contribution in [2.75, 3.05) is 5.32 Å². The first-order valence-corrected chi connectivity index (χ1v) is 11.1. The Bertz CT molecular complexity index is 1310. The lowest BCUT2D eigenvalue weighted by Crippen LogP contribution is -2.38. The molecule has 160 valence electrons. The van der Waals surface area contributed by atoms with Crippen LogP contribution < -0.4 is 5.32 Å². The number of rotatable bonds is 2. The second-order valence-electron chi connectivity index (χ2n) is 8.21. The van der Waals surface area contributed by atoms with Gasteiger partial charge in [-0.2, -0.15) is 0 Å². The van der Waals surface area contributed by atoms with Gasteiger partial charge >= 0.3 is 6.03 Å². The van der Waals surface area contributed by atoms with Crippen molar-refractivity contribution in [3.63, 3.8) is 0 Å². The van der Waals surface area contributed by atoms with E-state index in [1.807, 2.05) is 78.7 Å². The highest BCUT2D eigenvalue weighted by atomic mass is 35.5. The van der Waals surface area contributed by atoms with E-state index in [0.29, 0.717) is 11.6 Å². The lowest BCUT2D eigenvalue weighted by molar-refractivity contribution is 0.194. The predicted molar refractivity (Wildman–Crippen MR) is 130 cm³/mol. The van der Waals surface area contributed by atoms with E-state index in [1.165, 1.54) is 5.56 Å². The van der Waals surface area contributed by atoms with Gasteiger partial charge in [-0.3, -0.25) is 0 Å². The van der Waals surface area contributed by atoms with E-state index in [4.69, 9.17) is 11.6 Å². The summed E-state index contributed by atoms with van der Waals surface area (Å²) in [6, 6.07) is 25.5. The first-order chi connectivity index (χ1) is 15.5. The van der Waals surface area contributed by atoms with Crippen molar-refractivity contribution in [1.29, 1.82) is 0 Å². The van der Waals surface area contributed by atoms with Gasteiger partial charge in [0.05, 0.1) is 17.9 Å². The summed E-state index contributed by atoms with van der Waals surface area (Å²) in [5, 5.41) is 3.75. The Morgan fingerprint density at radius 1 is 0.938 bits per heavy atom. The molecule has 1 unspecified atom stereocenters. The maximum absolute atomic E-state index is 13.7. The fourth-order valence-corrected chi connectivity index (χ4v) is 4.62. The summed E-state index contributed by atoms with van der Waals surface area (Å²) >= 11 is 6.66. The van der Waals surface area contributed by atoms with E-state index in [1.54, 1.807) is 0 Å². The number of halogens is 1. The molecule has 32 heavy (non-hydrogen) atoms. The number of nitrogens with zero attached hydrogens (tertiary/aromatic N) is 2. The third-order valence-electron chi connectivity index (χ3n) is 6.18. The zero-order valence-electron chi connectivity index (χ0n) is 18.0. The number of aryl methyl sites for hydroxylation is 2. The van der Waals surface area contributed by atoms with Crippen LogP contribution in [0.25, 0.3) is 5.69 Å². The zero-order chi connectivity index (χ0) is 22.2. The molecule has 4 aromatic rings. The van der Waals surface area contributed by atoms with Gasteiger partial charge in [-0.25, -0.2) is 4.79 Å². The molecular formula is C27H24ClN3O. The van der Waals surface area contributed by atoms with Crippen molar-refractivity contribution < 1.29 is 4.79 Å². The van der Waals surface area contributed by atoms with Crippen LogP contribution in [0.1, 0.15) is 34.0 Å². The van der Waals surface area contributed by atoms with Gasteiger partial charge in [0.2, 0.25) is 0 Å². The maximum atomic E-state index is 13.7. The number of anilines is 1. The van der Waals surface area contributed by atoms with Gasteiger partial charge < -0.3 is 14.8 Å². The molecule has 1 aliphatic rings. The molecular weight excluding hydrogens is 418 g/mol. The molecule has 0 saturated carbocycles. The highest BCUT2D eigenvalue weighted by molar-refractivity contribution is 6.31. The lowest BCUT2D eigenvalue weighted by Gasteiger charge is -2.31. The minimum absolute atomic E-state index is 0.164. The highest BCUT2D eigenvalue weighted by Gasteiger charge is 2.34. The normalized spacial score (nSPS) is 15.0. The van der Waals surface area contributed by atoms with Gasteiger partial charge in [0.25, 0.3) is 0 Å². The summed E-state index contributed by atoms with van der Waals surface area (Å²) < 4.78 is 2.16. The molecule has 2 amide bonds. The number of urea groups is 1. The van der Waals surface area contributed by atoms with Crippen molar-refractivity contribution in [2.24, 2.45) is 0 Å². The number of hydrogen-bond acceptors (Lipinski definition) is 1. The summed E-state index contributed by atoms with van der Waals surface area (Å²) in [4.78, 5) is 15.6. The zero-order valence-corrected chi connectivity index (χ0v) is 18.8. The fourth-order valence-electron chi connectivity index (χ4n) is 4.38. The van der Waals surface area contributed by atoms with Crippen molar-refractivity contribution >= 4 is 23.3 Å². The van der Waals surface area contributed by atoms with Crippen LogP contribution in [0.2, 0.25) is 5.02 Å². The molecule has 1 atom stereocenters. The molecule has 5 heteroatoms. The number of para-hydroxylation sites is 1. The number of carbonyl (C=O) groups is 1. The van der Waals surface area contributed by atoms with Crippen LogP contribution in [0.4, 0.5) is 10.5 Å². The monoisotopic (exact) mass is 441 g/mol. The minimum Gasteiger partial charge on any atom is -0.318 e. The van der Waals surface area contributed by atoms with Crippen LogP contribution in [0.3, 0.4) is 0 Å². The van der Waals surface area contributed by atoms with Gasteiger partial charge in [0.15, 0.2) is 0 Å². The highest BCUT2D eigenvalue weighted by Crippen LogP contribution is 2.39. The third kappa shape index (κ3) is 3.57. The molecule has 0 bridgehead atoms.